The van der Waals surface area contributed by atoms with Gasteiger partial charge in [-0.05, 0) is 18.6 Å². The van der Waals surface area contributed by atoms with Gasteiger partial charge in [0.25, 0.3) is 5.76 Å². The smallest absolute Gasteiger partial charge is 0.375 e. The van der Waals surface area contributed by atoms with Gasteiger partial charge in [-0.2, -0.15) is 0 Å². The minimum atomic E-state index is -1.30. The van der Waals surface area contributed by atoms with E-state index in [1.54, 1.807) is 12.1 Å². The minimum absolute atomic E-state index is 0.201. The quantitative estimate of drug-likeness (QED) is 0.784. The van der Waals surface area contributed by atoms with E-state index in [2.05, 4.69) is 4.98 Å². The minimum Gasteiger partial charge on any atom is -0.502 e. The van der Waals surface area contributed by atoms with Crippen molar-refractivity contribution in [2.75, 3.05) is 0 Å². The zero-order valence-corrected chi connectivity index (χ0v) is 8.02. The van der Waals surface area contributed by atoms with Crippen molar-refractivity contribution in [2.45, 2.75) is 13.3 Å². The molecule has 2 heterocycles. The van der Waals surface area contributed by atoms with Gasteiger partial charge >= 0.3 is 5.97 Å². The molecule has 0 aliphatic heterocycles. The molecule has 0 aliphatic rings. The van der Waals surface area contributed by atoms with Crippen molar-refractivity contribution in [3.05, 3.63) is 23.6 Å². The summed E-state index contributed by atoms with van der Waals surface area (Å²) in [5, 5.41) is 18.3. The van der Waals surface area contributed by atoms with Crippen LogP contribution < -0.4 is 0 Å². The maximum absolute atomic E-state index is 10.7. The number of aromatic nitrogens is 1. The monoisotopic (exact) mass is 207 g/mol. The first-order valence-corrected chi connectivity index (χ1v) is 4.48. The average molecular weight is 207 g/mol. The van der Waals surface area contributed by atoms with Crippen LogP contribution in [0.1, 0.15) is 23.2 Å². The van der Waals surface area contributed by atoms with Gasteiger partial charge in [0, 0.05) is 5.69 Å². The molecule has 0 saturated heterocycles. The van der Waals surface area contributed by atoms with Crippen LogP contribution in [0.4, 0.5) is 0 Å². The number of carbonyl (C=O) groups is 1. The number of nitrogens with zero attached hydrogens (tertiary/aromatic N) is 1. The lowest BCUT2D eigenvalue weighted by Crippen LogP contribution is -1.92. The highest BCUT2D eigenvalue weighted by atomic mass is 16.4. The molecule has 2 N–H and O–H groups in total. The number of fused-ring (bicyclic) bond motifs is 1. The van der Waals surface area contributed by atoms with E-state index in [0.29, 0.717) is 6.42 Å². The highest BCUT2D eigenvalue weighted by Gasteiger charge is 2.20. The lowest BCUT2D eigenvalue weighted by molar-refractivity contribution is 0.0660. The summed E-state index contributed by atoms with van der Waals surface area (Å²) in [6.45, 7) is 1.92. The Morgan fingerprint density at radius 3 is 2.87 bits per heavy atom. The summed E-state index contributed by atoms with van der Waals surface area (Å²) in [5.74, 6) is -2.18. The van der Waals surface area contributed by atoms with Crippen LogP contribution in [0, 0.1) is 0 Å². The predicted molar refractivity (Wildman–Crippen MR) is 52.0 cm³/mol. The van der Waals surface area contributed by atoms with Gasteiger partial charge in [0.1, 0.15) is 0 Å². The van der Waals surface area contributed by atoms with E-state index in [1.165, 1.54) is 0 Å². The lowest BCUT2D eigenvalue weighted by Gasteiger charge is -1.93. The molecule has 0 fully saturated rings. The maximum Gasteiger partial charge on any atom is 0.375 e. The Morgan fingerprint density at radius 2 is 2.27 bits per heavy atom. The van der Waals surface area contributed by atoms with Gasteiger partial charge in [-0.1, -0.05) is 6.92 Å². The third-order valence-electron chi connectivity index (χ3n) is 2.12. The molecule has 5 nitrogen and oxygen atoms in total. The number of furan rings is 1. The van der Waals surface area contributed by atoms with Crippen molar-refractivity contribution >= 4 is 17.1 Å². The van der Waals surface area contributed by atoms with Gasteiger partial charge in [0.15, 0.2) is 16.8 Å². The molecule has 0 saturated carbocycles. The second-order valence-corrected chi connectivity index (χ2v) is 3.09. The number of aryl methyl sites for hydroxylation is 1. The molecular weight excluding hydrogens is 198 g/mol. The Morgan fingerprint density at radius 1 is 1.53 bits per heavy atom. The van der Waals surface area contributed by atoms with Crippen molar-refractivity contribution in [1.29, 1.82) is 0 Å². The molecule has 0 atom stereocenters. The van der Waals surface area contributed by atoms with Crippen LogP contribution in [0.15, 0.2) is 16.5 Å². The fourth-order valence-electron chi connectivity index (χ4n) is 1.35. The largest absolute Gasteiger partial charge is 0.502 e. The Kier molecular flexibility index (Phi) is 2.07. The third-order valence-corrected chi connectivity index (χ3v) is 2.12. The summed E-state index contributed by atoms with van der Waals surface area (Å²) in [7, 11) is 0. The first-order valence-electron chi connectivity index (χ1n) is 4.48. The van der Waals surface area contributed by atoms with Gasteiger partial charge in [0.05, 0.1) is 0 Å². The average Bonchev–Trinajstić information content (AvgIpc) is 2.56. The van der Waals surface area contributed by atoms with Crippen LogP contribution in [-0.2, 0) is 6.42 Å². The Bertz CT molecular complexity index is 529. The normalized spacial score (nSPS) is 10.7. The molecule has 0 aliphatic carbocycles. The number of hydrogen-bond donors (Lipinski definition) is 2. The van der Waals surface area contributed by atoms with Crippen LogP contribution in [0.3, 0.4) is 0 Å². The number of pyridine rings is 1. The van der Waals surface area contributed by atoms with Crippen molar-refractivity contribution in [3.8, 4) is 5.75 Å². The molecular formula is C10H9NO4. The SMILES string of the molecule is CCc1ccc2oc(C(=O)O)c(O)c2n1. The van der Waals surface area contributed by atoms with Crippen LogP contribution in [0.5, 0.6) is 5.75 Å². The first-order chi connectivity index (χ1) is 7.13. The van der Waals surface area contributed by atoms with Crippen molar-refractivity contribution in [3.63, 3.8) is 0 Å². The zero-order chi connectivity index (χ0) is 11.0. The molecule has 2 aromatic heterocycles. The molecule has 0 bridgehead atoms. The summed E-state index contributed by atoms with van der Waals surface area (Å²) >= 11 is 0. The zero-order valence-electron chi connectivity index (χ0n) is 8.02. The van der Waals surface area contributed by atoms with Gasteiger partial charge in [-0.3, -0.25) is 0 Å². The number of rotatable bonds is 2. The molecule has 0 aromatic carbocycles. The molecule has 78 valence electrons. The Balaban J connectivity index is 2.72. The first kappa shape index (κ1) is 9.51. The fourth-order valence-corrected chi connectivity index (χ4v) is 1.35. The summed E-state index contributed by atoms with van der Waals surface area (Å²) in [6, 6.07) is 3.34. The van der Waals surface area contributed by atoms with Crippen LogP contribution in [0.2, 0.25) is 0 Å². The highest BCUT2D eigenvalue weighted by Crippen LogP contribution is 2.30. The van der Waals surface area contributed by atoms with Gasteiger partial charge in [-0.25, -0.2) is 9.78 Å². The lowest BCUT2D eigenvalue weighted by atomic mass is 10.2. The predicted octanol–water partition coefficient (Wildman–Crippen LogP) is 1.79. The third kappa shape index (κ3) is 1.41. The standard InChI is InChI=1S/C10H9NO4/c1-2-5-3-4-6-7(11-5)8(12)9(15-6)10(13)14/h3-4,12H,2H2,1H3,(H,13,14). The van der Waals surface area contributed by atoms with E-state index >= 15 is 0 Å². The summed E-state index contributed by atoms with van der Waals surface area (Å²) < 4.78 is 4.95. The summed E-state index contributed by atoms with van der Waals surface area (Å²) in [6.07, 6.45) is 0.711. The molecule has 2 aromatic rings. The molecule has 5 heteroatoms. The fraction of sp³-hybridized carbons (Fsp3) is 0.200. The van der Waals surface area contributed by atoms with E-state index < -0.39 is 17.5 Å². The second kappa shape index (κ2) is 3.27. The van der Waals surface area contributed by atoms with Gasteiger partial charge < -0.3 is 14.6 Å². The van der Waals surface area contributed by atoms with E-state index in [0.717, 1.165) is 5.69 Å². The second-order valence-electron chi connectivity index (χ2n) is 3.09. The van der Waals surface area contributed by atoms with Crippen LogP contribution in [0.25, 0.3) is 11.1 Å². The van der Waals surface area contributed by atoms with E-state index in [9.17, 15) is 9.90 Å². The summed E-state index contributed by atoms with van der Waals surface area (Å²) in [5.41, 5.74) is 1.25. The van der Waals surface area contributed by atoms with Gasteiger partial charge in [-0.15, -0.1) is 0 Å². The Hall–Kier alpha value is -2.04. The number of carboxylic acid groups (broad SMARTS) is 1. The van der Waals surface area contributed by atoms with E-state index in [-0.39, 0.29) is 11.1 Å². The number of carboxylic acids is 1. The Labute approximate surface area is 85.0 Å². The number of aromatic hydroxyl groups is 1. The topological polar surface area (TPSA) is 83.6 Å². The summed E-state index contributed by atoms with van der Waals surface area (Å²) in [4.78, 5) is 14.8. The van der Waals surface area contributed by atoms with Gasteiger partial charge in [0.2, 0.25) is 0 Å². The van der Waals surface area contributed by atoms with E-state index in [4.69, 9.17) is 9.52 Å². The van der Waals surface area contributed by atoms with Crippen molar-refractivity contribution in [1.82, 2.24) is 4.98 Å². The molecule has 15 heavy (non-hydrogen) atoms. The maximum atomic E-state index is 10.7. The molecule has 2 rings (SSSR count). The van der Waals surface area contributed by atoms with E-state index in [1.807, 2.05) is 6.92 Å². The van der Waals surface area contributed by atoms with Crippen molar-refractivity contribution in [2.24, 2.45) is 0 Å². The molecule has 0 amide bonds. The highest BCUT2D eigenvalue weighted by molar-refractivity contribution is 5.95. The van der Waals surface area contributed by atoms with Crippen LogP contribution in [-0.4, -0.2) is 21.2 Å². The molecule has 0 spiro atoms. The number of aromatic carboxylic acids is 1. The molecule has 0 radical (unpaired) electrons. The van der Waals surface area contributed by atoms with Crippen LogP contribution >= 0.6 is 0 Å². The van der Waals surface area contributed by atoms with Crippen molar-refractivity contribution < 1.29 is 19.4 Å². The molecule has 0 unspecified atom stereocenters. The number of hydrogen-bond acceptors (Lipinski definition) is 4.